The zero-order chi connectivity index (χ0) is 14.7. The van der Waals surface area contributed by atoms with Gasteiger partial charge in [-0.2, -0.15) is 0 Å². The first-order chi connectivity index (χ1) is 10.3. The Hall–Kier alpha value is -1.43. The molecule has 1 aliphatic heterocycles. The molecule has 21 heavy (non-hydrogen) atoms. The van der Waals surface area contributed by atoms with Crippen molar-refractivity contribution in [2.24, 2.45) is 0 Å². The number of hydrogen-bond donors (Lipinski definition) is 1. The zero-order valence-corrected chi connectivity index (χ0v) is 12.7. The van der Waals surface area contributed by atoms with Crippen LogP contribution in [-0.2, 0) is 6.54 Å². The number of nitrogens with zero attached hydrogens (tertiary/aromatic N) is 4. The molecule has 1 aliphatic rings. The number of benzene rings is 1. The van der Waals surface area contributed by atoms with Gasteiger partial charge in [0, 0.05) is 45.8 Å². The molecule has 0 saturated carbocycles. The highest BCUT2D eigenvalue weighted by molar-refractivity contribution is 5.75. The van der Waals surface area contributed by atoms with Crippen molar-refractivity contribution in [1.29, 1.82) is 0 Å². The van der Waals surface area contributed by atoms with Crippen LogP contribution in [0.15, 0.2) is 24.3 Å². The molecule has 0 radical (unpaired) electrons. The summed E-state index contributed by atoms with van der Waals surface area (Å²) in [5.41, 5.74) is 2.32. The van der Waals surface area contributed by atoms with Gasteiger partial charge in [-0.3, -0.25) is 9.80 Å². The van der Waals surface area contributed by atoms with Crippen molar-refractivity contribution >= 4 is 11.0 Å². The highest BCUT2D eigenvalue weighted by Crippen LogP contribution is 2.15. The normalized spacial score (nSPS) is 17.6. The quantitative estimate of drug-likeness (QED) is 0.890. The van der Waals surface area contributed by atoms with Gasteiger partial charge < -0.3 is 9.67 Å². The van der Waals surface area contributed by atoms with Crippen LogP contribution in [-0.4, -0.2) is 70.3 Å². The van der Waals surface area contributed by atoms with Crippen LogP contribution >= 0.6 is 0 Å². The summed E-state index contributed by atoms with van der Waals surface area (Å²) in [6.07, 6.45) is 0. The molecular weight excluding hydrogens is 264 g/mol. The molecular formula is C16H24N4O. The molecule has 5 nitrogen and oxygen atoms in total. The second-order valence-electron chi connectivity index (χ2n) is 5.71. The van der Waals surface area contributed by atoms with Gasteiger partial charge in [-0.25, -0.2) is 4.98 Å². The summed E-state index contributed by atoms with van der Waals surface area (Å²) in [5, 5.41) is 8.98. The van der Waals surface area contributed by atoms with Crippen LogP contribution in [0.25, 0.3) is 11.0 Å². The van der Waals surface area contributed by atoms with Crippen molar-refractivity contribution in [2.45, 2.75) is 13.5 Å². The summed E-state index contributed by atoms with van der Waals surface area (Å²) < 4.78 is 2.31. The van der Waals surface area contributed by atoms with Crippen molar-refractivity contribution in [3.8, 4) is 0 Å². The van der Waals surface area contributed by atoms with E-state index in [1.54, 1.807) is 0 Å². The topological polar surface area (TPSA) is 44.5 Å². The van der Waals surface area contributed by atoms with E-state index in [9.17, 15) is 0 Å². The van der Waals surface area contributed by atoms with E-state index in [-0.39, 0.29) is 6.61 Å². The number of β-amino-alcohol motifs (C(OH)–C–C–N with tert-alkyl or cyclic N) is 1. The summed E-state index contributed by atoms with van der Waals surface area (Å²) in [5.74, 6) is 1.09. The van der Waals surface area contributed by atoms with E-state index in [0.717, 1.165) is 57.2 Å². The molecule has 0 aliphatic carbocycles. The fraction of sp³-hybridized carbons (Fsp3) is 0.562. The first kappa shape index (κ1) is 14.5. The lowest BCUT2D eigenvalue weighted by molar-refractivity contribution is 0.110. The van der Waals surface area contributed by atoms with Crippen molar-refractivity contribution in [1.82, 2.24) is 19.4 Å². The minimum atomic E-state index is 0.264. The highest BCUT2D eigenvalue weighted by Gasteiger charge is 2.16. The fourth-order valence-electron chi connectivity index (χ4n) is 3.10. The van der Waals surface area contributed by atoms with Gasteiger partial charge in [0.25, 0.3) is 0 Å². The lowest BCUT2D eigenvalue weighted by Crippen LogP contribution is -2.47. The molecule has 0 spiro atoms. The Kier molecular flexibility index (Phi) is 4.53. The maximum Gasteiger partial charge on any atom is 0.106 e. The third kappa shape index (κ3) is 3.26. The van der Waals surface area contributed by atoms with Crippen LogP contribution in [0.5, 0.6) is 0 Å². The van der Waals surface area contributed by atoms with Gasteiger partial charge >= 0.3 is 0 Å². The second-order valence-corrected chi connectivity index (χ2v) is 5.71. The van der Waals surface area contributed by atoms with Crippen LogP contribution in [0.1, 0.15) is 5.82 Å². The molecule has 5 heteroatoms. The van der Waals surface area contributed by atoms with Crippen LogP contribution < -0.4 is 0 Å². The molecule has 114 valence electrons. The molecule has 0 unspecified atom stereocenters. The number of piperazine rings is 1. The molecule has 0 bridgehead atoms. The van der Waals surface area contributed by atoms with Gasteiger partial charge in [-0.15, -0.1) is 0 Å². The van der Waals surface area contributed by atoms with Crippen molar-refractivity contribution in [3.05, 3.63) is 30.1 Å². The number of rotatable bonds is 5. The molecule has 2 aromatic rings. The Morgan fingerprint density at radius 3 is 2.38 bits per heavy atom. The van der Waals surface area contributed by atoms with Crippen LogP contribution in [0.3, 0.4) is 0 Å². The Labute approximate surface area is 125 Å². The first-order valence-electron chi connectivity index (χ1n) is 7.75. The van der Waals surface area contributed by atoms with Crippen molar-refractivity contribution < 1.29 is 5.11 Å². The van der Waals surface area contributed by atoms with Crippen LogP contribution in [0.2, 0.25) is 0 Å². The number of aryl methyl sites for hydroxylation is 1. The number of aliphatic hydroxyl groups excluding tert-OH is 1. The van der Waals surface area contributed by atoms with E-state index in [1.165, 1.54) is 5.52 Å². The van der Waals surface area contributed by atoms with Crippen molar-refractivity contribution in [3.63, 3.8) is 0 Å². The molecule has 0 amide bonds. The second kappa shape index (κ2) is 6.56. The largest absolute Gasteiger partial charge is 0.395 e. The summed E-state index contributed by atoms with van der Waals surface area (Å²) in [6.45, 7) is 9.50. The molecule has 1 aromatic carbocycles. The number of aromatic nitrogens is 2. The monoisotopic (exact) mass is 288 g/mol. The van der Waals surface area contributed by atoms with Gasteiger partial charge in [0.1, 0.15) is 5.82 Å². The van der Waals surface area contributed by atoms with E-state index >= 15 is 0 Å². The van der Waals surface area contributed by atoms with E-state index < -0.39 is 0 Å². The Morgan fingerprint density at radius 2 is 1.67 bits per heavy atom. The van der Waals surface area contributed by atoms with E-state index in [1.807, 2.05) is 6.07 Å². The smallest absolute Gasteiger partial charge is 0.106 e. The molecule has 0 atom stereocenters. The summed E-state index contributed by atoms with van der Waals surface area (Å²) in [4.78, 5) is 9.45. The Morgan fingerprint density at radius 1 is 1.00 bits per heavy atom. The van der Waals surface area contributed by atoms with Gasteiger partial charge in [0.2, 0.25) is 0 Å². The zero-order valence-electron chi connectivity index (χ0n) is 12.7. The molecule has 3 rings (SSSR count). The predicted octanol–water partition coefficient (Wildman–Crippen LogP) is 0.955. The molecule has 2 heterocycles. The minimum Gasteiger partial charge on any atom is -0.395 e. The van der Waals surface area contributed by atoms with Gasteiger partial charge in [-0.05, 0) is 19.1 Å². The number of fused-ring (bicyclic) bond motifs is 1. The van der Waals surface area contributed by atoms with Gasteiger partial charge in [0.15, 0.2) is 0 Å². The lowest BCUT2D eigenvalue weighted by Gasteiger charge is -2.34. The minimum absolute atomic E-state index is 0.264. The van der Waals surface area contributed by atoms with Crippen molar-refractivity contribution in [2.75, 3.05) is 45.9 Å². The number of para-hydroxylation sites is 2. The molecule has 1 saturated heterocycles. The molecule has 1 N–H and O–H groups in total. The van der Waals surface area contributed by atoms with Gasteiger partial charge in [0.05, 0.1) is 17.6 Å². The average Bonchev–Trinajstić information content (AvgIpc) is 2.82. The van der Waals surface area contributed by atoms with E-state index in [4.69, 9.17) is 5.11 Å². The average molecular weight is 288 g/mol. The standard InChI is InChI=1S/C16H24N4O/c1-14-17-15-4-2-3-5-16(15)20(14)11-10-18-6-8-19(9-7-18)12-13-21/h2-5,21H,6-13H2,1H3. The van der Waals surface area contributed by atoms with Crippen LogP contribution in [0.4, 0.5) is 0 Å². The third-order valence-corrected chi connectivity index (χ3v) is 4.37. The maximum absolute atomic E-state index is 8.98. The van der Waals surface area contributed by atoms with Crippen LogP contribution in [0, 0.1) is 6.92 Å². The maximum atomic E-state index is 8.98. The number of hydrogen-bond acceptors (Lipinski definition) is 4. The highest BCUT2D eigenvalue weighted by atomic mass is 16.3. The first-order valence-corrected chi connectivity index (χ1v) is 7.75. The number of imidazole rings is 1. The predicted molar refractivity (Wildman–Crippen MR) is 84.4 cm³/mol. The summed E-state index contributed by atoms with van der Waals surface area (Å²) >= 11 is 0. The SMILES string of the molecule is Cc1nc2ccccc2n1CCN1CCN(CCO)CC1. The summed E-state index contributed by atoms with van der Waals surface area (Å²) in [6, 6.07) is 8.34. The third-order valence-electron chi connectivity index (χ3n) is 4.37. The Bertz CT molecular complexity index is 587. The molecule has 1 fully saturated rings. The fourth-order valence-corrected chi connectivity index (χ4v) is 3.10. The van der Waals surface area contributed by atoms with E-state index in [2.05, 4.69) is 44.5 Å². The molecule has 1 aromatic heterocycles. The Balaban J connectivity index is 1.59. The van der Waals surface area contributed by atoms with E-state index in [0.29, 0.717) is 0 Å². The lowest BCUT2D eigenvalue weighted by atomic mass is 10.3. The summed E-state index contributed by atoms with van der Waals surface area (Å²) in [7, 11) is 0. The van der Waals surface area contributed by atoms with Gasteiger partial charge in [-0.1, -0.05) is 12.1 Å². The number of aliphatic hydroxyl groups is 1.